The predicted octanol–water partition coefficient (Wildman–Crippen LogP) is 0.917. The normalized spacial score (nSPS) is 22.4. The molecular weight excluding hydrogens is 430 g/mol. The second-order valence-corrected chi connectivity index (χ2v) is 9.14. The number of carbonyl (C=O) groups is 1. The van der Waals surface area contributed by atoms with E-state index in [-0.39, 0.29) is 11.7 Å². The van der Waals surface area contributed by atoms with E-state index >= 15 is 0 Å². The van der Waals surface area contributed by atoms with Crippen LogP contribution in [0.1, 0.15) is 5.56 Å². The van der Waals surface area contributed by atoms with Crippen LogP contribution in [-0.2, 0) is 6.54 Å². The Balaban J connectivity index is 1.23. The zero-order valence-electron chi connectivity index (χ0n) is 19.1. The highest BCUT2D eigenvalue weighted by atomic mass is 19.1. The monoisotopic (exact) mass is 460 g/mol. The fourth-order valence-electron chi connectivity index (χ4n) is 4.73. The minimum absolute atomic E-state index is 0.0256. The number of halogens is 2. The quantitative estimate of drug-likeness (QED) is 0.724. The molecule has 2 saturated heterocycles. The lowest BCUT2D eigenvalue weighted by Crippen LogP contribution is -2.57. The van der Waals surface area contributed by atoms with Gasteiger partial charge in [-0.25, -0.2) is 13.6 Å². The summed E-state index contributed by atoms with van der Waals surface area (Å²) in [4.78, 5) is 28.5. The highest BCUT2D eigenvalue weighted by Gasteiger charge is 2.33. The molecule has 1 aromatic carbocycles. The van der Waals surface area contributed by atoms with Crippen molar-refractivity contribution in [1.82, 2.24) is 29.8 Å². The third kappa shape index (κ3) is 4.47. The maximum absolute atomic E-state index is 15.0. The molecule has 33 heavy (non-hydrogen) atoms. The highest BCUT2D eigenvalue weighted by molar-refractivity contribution is 5.99. The van der Waals surface area contributed by atoms with Gasteiger partial charge in [-0.2, -0.15) is 4.99 Å². The van der Waals surface area contributed by atoms with Crippen molar-refractivity contribution < 1.29 is 13.6 Å². The lowest BCUT2D eigenvalue weighted by molar-refractivity contribution is 0.148. The molecule has 0 saturated carbocycles. The van der Waals surface area contributed by atoms with Gasteiger partial charge in [-0.3, -0.25) is 15.1 Å². The molecule has 5 rings (SSSR count). The molecule has 0 aliphatic carbocycles. The van der Waals surface area contributed by atoms with Gasteiger partial charge in [0.25, 0.3) is 0 Å². The van der Waals surface area contributed by atoms with Crippen LogP contribution < -0.4 is 10.2 Å². The molecule has 2 amide bonds. The first-order chi connectivity index (χ1) is 15.9. The zero-order chi connectivity index (χ0) is 23.1. The summed E-state index contributed by atoms with van der Waals surface area (Å²) in [7, 11) is 3.96. The molecule has 1 aromatic rings. The number of fused-ring (bicyclic) bond motifs is 1. The van der Waals surface area contributed by atoms with Gasteiger partial charge in [-0.05, 0) is 24.7 Å². The molecule has 0 aromatic heterocycles. The Hall–Kier alpha value is -2.92. The molecule has 1 N–H and O–H groups in total. The van der Waals surface area contributed by atoms with E-state index in [0.29, 0.717) is 56.7 Å². The number of benzene rings is 1. The molecule has 11 heteroatoms. The molecule has 4 aliphatic heterocycles. The van der Waals surface area contributed by atoms with Crippen LogP contribution in [0.4, 0.5) is 19.3 Å². The number of guanidine groups is 1. The molecule has 4 heterocycles. The van der Waals surface area contributed by atoms with Crippen LogP contribution >= 0.6 is 0 Å². The number of aliphatic imine (C=N–C) groups is 1. The van der Waals surface area contributed by atoms with Gasteiger partial charge in [0.15, 0.2) is 5.82 Å². The van der Waals surface area contributed by atoms with E-state index in [1.54, 1.807) is 9.80 Å². The Morgan fingerprint density at radius 3 is 2.24 bits per heavy atom. The van der Waals surface area contributed by atoms with Crippen molar-refractivity contribution in [2.75, 3.05) is 78.0 Å². The summed E-state index contributed by atoms with van der Waals surface area (Å²) in [6.45, 7) is 6.62. The third-order valence-electron chi connectivity index (χ3n) is 6.64. The summed E-state index contributed by atoms with van der Waals surface area (Å²) in [5.74, 6) is 0.0454. The van der Waals surface area contributed by atoms with Crippen LogP contribution in [0, 0.1) is 11.6 Å². The van der Waals surface area contributed by atoms with Gasteiger partial charge >= 0.3 is 6.03 Å². The summed E-state index contributed by atoms with van der Waals surface area (Å²) >= 11 is 0. The number of rotatable bonds is 3. The van der Waals surface area contributed by atoms with Gasteiger partial charge in [-0.15, -0.1) is 0 Å². The molecule has 9 nitrogen and oxygen atoms in total. The molecule has 0 bridgehead atoms. The number of likely N-dealkylation sites (N-methyl/N-ethyl adjacent to an activating group) is 1. The molecule has 178 valence electrons. The van der Waals surface area contributed by atoms with E-state index in [2.05, 4.69) is 27.2 Å². The van der Waals surface area contributed by atoms with E-state index in [0.717, 1.165) is 26.2 Å². The smallest absolute Gasteiger partial charge is 0.331 e. The molecule has 0 unspecified atom stereocenters. The first-order valence-electron chi connectivity index (χ1n) is 11.4. The number of carbonyl (C=O) groups excluding carboxylic acids is 1. The number of hydrogen-bond donors (Lipinski definition) is 1. The van der Waals surface area contributed by atoms with Crippen molar-refractivity contribution in [3.05, 3.63) is 41.4 Å². The van der Waals surface area contributed by atoms with Crippen LogP contribution in [0.2, 0.25) is 0 Å². The Morgan fingerprint density at radius 2 is 1.58 bits per heavy atom. The van der Waals surface area contributed by atoms with Crippen molar-refractivity contribution in [3.8, 4) is 0 Å². The summed E-state index contributed by atoms with van der Waals surface area (Å²) < 4.78 is 30.0. The van der Waals surface area contributed by atoms with Crippen molar-refractivity contribution in [1.29, 1.82) is 0 Å². The number of nitrogens with one attached hydrogen (secondary N) is 1. The summed E-state index contributed by atoms with van der Waals surface area (Å²) in [6.07, 6.45) is 1.82. The van der Waals surface area contributed by atoms with Gasteiger partial charge in [0, 0.05) is 72.2 Å². The molecule has 0 radical (unpaired) electrons. The average molecular weight is 461 g/mol. The van der Waals surface area contributed by atoms with Gasteiger partial charge in [-0.1, -0.05) is 0 Å². The van der Waals surface area contributed by atoms with Gasteiger partial charge in [0.2, 0.25) is 5.96 Å². The predicted molar refractivity (Wildman–Crippen MR) is 121 cm³/mol. The lowest BCUT2D eigenvalue weighted by Gasteiger charge is -2.39. The molecule has 2 fully saturated rings. The van der Waals surface area contributed by atoms with Gasteiger partial charge in [0.1, 0.15) is 24.0 Å². The summed E-state index contributed by atoms with van der Waals surface area (Å²) in [6, 6.07) is 2.71. The topological polar surface area (TPSA) is 60.9 Å². The number of anilines is 1. The van der Waals surface area contributed by atoms with Gasteiger partial charge < -0.3 is 19.6 Å². The number of amides is 2. The van der Waals surface area contributed by atoms with Crippen LogP contribution in [-0.4, -0.2) is 110 Å². The van der Waals surface area contributed by atoms with Crippen molar-refractivity contribution >= 4 is 17.7 Å². The minimum atomic E-state index is -0.523. The molecule has 0 spiro atoms. The maximum atomic E-state index is 15.0. The fraction of sp³-hybridized carbons (Fsp3) is 0.545. The van der Waals surface area contributed by atoms with E-state index in [1.165, 1.54) is 12.1 Å². The molecular formula is C22H30F2N8O. The summed E-state index contributed by atoms with van der Waals surface area (Å²) in [5.41, 5.74) is 0.688. The van der Waals surface area contributed by atoms with E-state index in [9.17, 15) is 13.6 Å². The average Bonchev–Trinajstić information content (AvgIpc) is 3.16. The SMILES string of the molecule is CN1C=C2N=C(N3CCN(c4c(F)cc(CN5CCN(C)CC5)cc4F)CC3)NC(=O)N2C1. The van der Waals surface area contributed by atoms with Crippen molar-refractivity contribution in [3.63, 3.8) is 0 Å². The number of piperazine rings is 2. The van der Waals surface area contributed by atoms with Crippen LogP contribution in [0.25, 0.3) is 0 Å². The Morgan fingerprint density at radius 1 is 0.939 bits per heavy atom. The van der Waals surface area contributed by atoms with Crippen LogP contribution in [0.5, 0.6) is 0 Å². The second-order valence-electron chi connectivity index (χ2n) is 9.14. The molecule has 0 atom stereocenters. The minimum Gasteiger partial charge on any atom is -0.363 e. The maximum Gasteiger partial charge on any atom is 0.331 e. The van der Waals surface area contributed by atoms with Gasteiger partial charge in [0.05, 0.1) is 0 Å². The van der Waals surface area contributed by atoms with Crippen molar-refractivity contribution in [2.45, 2.75) is 6.54 Å². The van der Waals surface area contributed by atoms with Crippen LogP contribution in [0.3, 0.4) is 0 Å². The van der Waals surface area contributed by atoms with Crippen LogP contribution in [0.15, 0.2) is 29.1 Å². The first-order valence-corrected chi connectivity index (χ1v) is 11.4. The number of hydrogen-bond acceptors (Lipinski definition) is 7. The zero-order valence-corrected chi connectivity index (χ0v) is 19.1. The lowest BCUT2D eigenvalue weighted by atomic mass is 10.1. The Kier molecular flexibility index (Phi) is 5.83. The molecule has 4 aliphatic rings. The number of urea groups is 1. The Labute approximate surface area is 192 Å². The van der Waals surface area contributed by atoms with E-state index < -0.39 is 11.6 Å². The third-order valence-corrected chi connectivity index (χ3v) is 6.64. The fourth-order valence-corrected chi connectivity index (χ4v) is 4.73. The number of nitrogens with zero attached hydrogens (tertiary/aromatic N) is 7. The Bertz CT molecular complexity index is 960. The van der Waals surface area contributed by atoms with E-state index in [4.69, 9.17) is 0 Å². The second kappa shape index (κ2) is 8.79. The largest absolute Gasteiger partial charge is 0.363 e. The highest BCUT2D eigenvalue weighted by Crippen LogP contribution is 2.27. The van der Waals surface area contributed by atoms with Crippen molar-refractivity contribution in [2.24, 2.45) is 4.99 Å². The standard InChI is InChI=1S/C22H30F2N8O/c1-27-3-5-29(6-4-27)13-16-11-17(23)20(18(24)12-16)30-7-9-31(10-8-30)21-25-19-14-28(2)15-32(19)22(33)26-21/h11-12,14H,3-10,13,15H2,1-2H3,(H,25,26,33). The summed E-state index contributed by atoms with van der Waals surface area (Å²) in [5, 5.41) is 2.83. The first kappa shape index (κ1) is 21.9. The van der Waals surface area contributed by atoms with E-state index in [1.807, 2.05) is 23.0 Å².